The zero-order chi connectivity index (χ0) is 4.50. The minimum absolute atomic E-state index is 0. The summed E-state index contributed by atoms with van der Waals surface area (Å²) in [7, 11) is -0.137. The van der Waals surface area contributed by atoms with Crippen LogP contribution in [0.3, 0.4) is 0 Å². The molecular weight excluding hydrogens is 158 g/mol. The molecule has 0 fully saturated rings. The molecule has 0 aliphatic rings. The van der Waals surface area contributed by atoms with Crippen LogP contribution in [0.5, 0.6) is 0 Å². The van der Waals surface area contributed by atoms with Gasteiger partial charge in [-0.1, -0.05) is 0 Å². The summed E-state index contributed by atoms with van der Waals surface area (Å²) < 4.78 is 25.2. The lowest BCUT2D eigenvalue weighted by atomic mass is 15.9. The average Bonchev–Trinajstić information content (AvgIpc) is 0.722. The van der Waals surface area contributed by atoms with E-state index in [1.54, 1.807) is 0 Å². The summed E-state index contributed by atoms with van der Waals surface area (Å²) in [5.74, 6) is 0. The highest BCUT2D eigenvalue weighted by Gasteiger charge is 1.86. The van der Waals surface area contributed by atoms with Crippen LogP contribution in [0.2, 0.25) is 0 Å². The Kier molecular flexibility index (Phi) is 10.8. The van der Waals surface area contributed by atoms with Gasteiger partial charge in [0, 0.05) is 10.7 Å². The smallest absolute Gasteiger partial charge is 0.353 e. The molecule has 0 aliphatic heterocycles. The highest BCUT2D eigenvalue weighted by atomic mass is 35.7. The average molecular weight is 165 g/mol. The van der Waals surface area contributed by atoms with E-state index in [4.69, 9.17) is 13.0 Å². The van der Waals surface area contributed by atoms with Crippen LogP contribution in [0.4, 0.5) is 0 Å². The second kappa shape index (κ2) is 4.84. The molecule has 7 heavy (non-hydrogen) atoms. The zero-order valence-corrected chi connectivity index (χ0v) is 4.12. The van der Waals surface area contributed by atoms with Gasteiger partial charge in [0.05, 0.1) is 0 Å². The number of rotatable bonds is 0. The number of hydrogen-bond donors (Lipinski definition) is 1. The van der Waals surface area contributed by atoms with E-state index in [0.29, 0.717) is 0 Å². The van der Waals surface area contributed by atoms with Gasteiger partial charge in [0.2, 0.25) is 0 Å². The Morgan fingerprint density at radius 3 is 1.43 bits per heavy atom. The molecule has 3 N–H and O–H groups in total. The first-order chi connectivity index (χ1) is 2.00. The molecule has 0 aromatic rings. The van der Waals surface area contributed by atoms with Crippen molar-refractivity contribution in [3.8, 4) is 0 Å². The van der Waals surface area contributed by atoms with Gasteiger partial charge in [0.25, 0.3) is 0 Å². The Morgan fingerprint density at radius 2 is 1.43 bits per heavy atom. The lowest BCUT2D eigenvalue weighted by Crippen LogP contribution is -1.77. The third-order valence-corrected chi connectivity index (χ3v) is 0. The summed E-state index contributed by atoms with van der Waals surface area (Å²) in [5.41, 5.74) is 0. The fourth-order valence-corrected chi connectivity index (χ4v) is 0. The molecule has 0 spiro atoms. The third kappa shape index (κ3) is 307. The van der Waals surface area contributed by atoms with Crippen molar-refractivity contribution in [2.75, 3.05) is 0 Å². The van der Waals surface area contributed by atoms with Crippen LogP contribution in [0.1, 0.15) is 0 Å². The van der Waals surface area contributed by atoms with E-state index in [1.165, 1.54) is 0 Å². The van der Waals surface area contributed by atoms with E-state index in [1.807, 2.05) is 0 Å². The van der Waals surface area contributed by atoms with Gasteiger partial charge in [-0.2, -0.15) is 8.42 Å². The van der Waals surface area contributed by atoms with Crippen molar-refractivity contribution < 1.29 is 18.4 Å². The van der Waals surface area contributed by atoms with Crippen molar-refractivity contribution in [3.63, 3.8) is 0 Å². The highest BCUT2D eigenvalue weighted by Crippen LogP contribution is 1.82. The van der Waals surface area contributed by atoms with Crippen LogP contribution in [0.15, 0.2) is 0 Å². The summed E-state index contributed by atoms with van der Waals surface area (Å²) in [4.78, 5) is 0. The first-order valence-electron chi connectivity index (χ1n) is 0.670. The normalized spacial score (nSPS) is 8.29. The molecular formula is H6AlClO4S. The largest absolute Gasteiger partial charge is 0.412 e. The maximum absolute atomic E-state index is 8.95. The highest BCUT2D eigenvalue weighted by molar-refractivity contribution is 8.09. The predicted molar refractivity (Wildman–Crippen MR) is 31.0 cm³/mol. The fraction of sp³-hybridized carbons (Fsp3) is 0. The molecule has 0 unspecified atom stereocenters. The quantitative estimate of drug-likeness (QED) is 0.256. The predicted octanol–water partition coefficient (Wildman–Crippen LogP) is -1.98. The molecule has 0 rings (SSSR count). The van der Waals surface area contributed by atoms with Gasteiger partial charge in [0.15, 0.2) is 17.4 Å². The summed E-state index contributed by atoms with van der Waals surface area (Å²) >= 11 is 0. The van der Waals surface area contributed by atoms with Crippen LogP contribution in [0.25, 0.3) is 0 Å². The van der Waals surface area contributed by atoms with Gasteiger partial charge in [-0.05, 0) is 0 Å². The Labute approximate surface area is 56.2 Å². The maximum Gasteiger partial charge on any atom is 0.353 e. The van der Waals surface area contributed by atoms with Crippen LogP contribution < -0.4 is 0 Å². The molecule has 0 saturated carbocycles. The second-order valence-electron chi connectivity index (χ2n) is 0.412. The molecule has 0 saturated heterocycles. The van der Waals surface area contributed by atoms with Gasteiger partial charge >= 0.3 is 9.33 Å². The molecule has 4 nitrogen and oxygen atoms in total. The van der Waals surface area contributed by atoms with E-state index < -0.39 is 9.33 Å². The van der Waals surface area contributed by atoms with Crippen molar-refractivity contribution in [3.05, 3.63) is 0 Å². The maximum atomic E-state index is 8.95. The molecule has 0 aromatic carbocycles. The lowest BCUT2D eigenvalue weighted by molar-refractivity contribution is 0.501. The fourth-order valence-electron chi connectivity index (χ4n) is 0. The Balaban J connectivity index is -0.0000000800. The molecule has 0 atom stereocenters. The monoisotopic (exact) mass is 164 g/mol. The van der Waals surface area contributed by atoms with Crippen molar-refractivity contribution in [1.29, 1.82) is 0 Å². The third-order valence-electron chi connectivity index (χ3n) is 0. The SMILES string of the molecule is O.O=S(=O)(O)Cl.[AlH3]. The lowest BCUT2D eigenvalue weighted by Gasteiger charge is -1.65. The number of hydrogen-bond acceptors (Lipinski definition) is 2. The Hall–Kier alpha value is 0.692. The van der Waals surface area contributed by atoms with Crippen molar-refractivity contribution in [2.45, 2.75) is 0 Å². The van der Waals surface area contributed by atoms with Crippen LogP contribution in [-0.2, 0) is 9.33 Å². The molecule has 46 valence electrons. The van der Waals surface area contributed by atoms with Gasteiger partial charge in [-0.15, -0.1) is 0 Å². The van der Waals surface area contributed by atoms with Gasteiger partial charge in [0.1, 0.15) is 0 Å². The van der Waals surface area contributed by atoms with Crippen LogP contribution in [0, 0.1) is 0 Å². The summed E-state index contributed by atoms with van der Waals surface area (Å²) in [6.45, 7) is 0. The Bertz CT molecular complexity index is 94.9. The Morgan fingerprint density at radius 1 is 1.43 bits per heavy atom. The minimum Gasteiger partial charge on any atom is -0.412 e. The molecule has 7 heteroatoms. The van der Waals surface area contributed by atoms with E-state index in [-0.39, 0.29) is 22.8 Å². The molecule has 0 aliphatic carbocycles. The van der Waals surface area contributed by atoms with Crippen LogP contribution in [-0.4, -0.2) is 35.8 Å². The summed E-state index contributed by atoms with van der Waals surface area (Å²) in [6.07, 6.45) is 0. The molecule has 0 radical (unpaired) electrons. The van der Waals surface area contributed by atoms with Crippen molar-refractivity contribution in [2.24, 2.45) is 0 Å². The molecule has 0 bridgehead atoms. The first-order valence-corrected chi connectivity index (χ1v) is 2.94. The van der Waals surface area contributed by atoms with E-state index in [2.05, 4.69) is 10.7 Å². The molecule has 0 amide bonds. The minimum atomic E-state index is -4.19. The van der Waals surface area contributed by atoms with Crippen molar-refractivity contribution >= 4 is 37.4 Å². The number of halogens is 1. The zero-order valence-electron chi connectivity index (χ0n) is 2.55. The van der Waals surface area contributed by atoms with Gasteiger partial charge in [-0.25, -0.2) is 0 Å². The van der Waals surface area contributed by atoms with E-state index in [0.717, 1.165) is 0 Å². The van der Waals surface area contributed by atoms with E-state index in [9.17, 15) is 0 Å². The summed E-state index contributed by atoms with van der Waals surface area (Å²) in [5, 5.41) is 0. The molecule has 0 heterocycles. The topological polar surface area (TPSA) is 85.9 Å². The van der Waals surface area contributed by atoms with E-state index >= 15 is 0 Å². The first kappa shape index (κ1) is 15.6. The van der Waals surface area contributed by atoms with Gasteiger partial charge in [-0.3, -0.25) is 4.55 Å². The standard InChI is InChI=1S/Al.ClHO3S.H2O.3H/c;1-5(2,3)4;;;;/h;(H,2,3,4);1H2;;;. The van der Waals surface area contributed by atoms with Gasteiger partial charge < -0.3 is 5.48 Å². The summed E-state index contributed by atoms with van der Waals surface area (Å²) in [6, 6.07) is 0. The second-order valence-corrected chi connectivity index (χ2v) is 2.41. The van der Waals surface area contributed by atoms with Crippen molar-refractivity contribution in [1.82, 2.24) is 0 Å². The molecule has 0 aromatic heterocycles. The van der Waals surface area contributed by atoms with Crippen LogP contribution >= 0.6 is 10.7 Å².